The van der Waals surface area contributed by atoms with E-state index in [-0.39, 0.29) is 18.1 Å². The molecule has 0 spiro atoms. The summed E-state index contributed by atoms with van der Waals surface area (Å²) in [5.74, 6) is -0.620. The molecule has 100 valence electrons. The Kier molecular flexibility index (Phi) is 4.53. The molecule has 1 N–H and O–H groups in total. The molecule has 5 nitrogen and oxygen atoms in total. The molecule has 5 heteroatoms. The highest BCUT2D eigenvalue weighted by Gasteiger charge is 2.23. The fourth-order valence-electron chi connectivity index (χ4n) is 1.87. The maximum atomic E-state index is 12.2. The zero-order valence-corrected chi connectivity index (χ0v) is 11.2. The summed E-state index contributed by atoms with van der Waals surface area (Å²) in [4.78, 5) is 24.5. The zero-order valence-electron chi connectivity index (χ0n) is 11.2. The lowest BCUT2D eigenvalue weighted by Crippen LogP contribution is -2.31. The number of hydrogen-bond donors (Lipinski definition) is 1. The Morgan fingerprint density at radius 3 is 2.56 bits per heavy atom. The summed E-state index contributed by atoms with van der Waals surface area (Å²) in [5.41, 5.74) is 1.05. The van der Waals surface area contributed by atoms with E-state index in [0.717, 1.165) is 0 Å². The molecule has 0 fully saturated rings. The third-order valence-electron chi connectivity index (χ3n) is 2.56. The van der Waals surface area contributed by atoms with E-state index in [1.165, 1.54) is 6.26 Å². The van der Waals surface area contributed by atoms with Crippen molar-refractivity contribution in [3.05, 3.63) is 23.2 Å². The number of rotatable bonds is 5. The largest absolute Gasteiger partial charge is 0.481 e. The van der Waals surface area contributed by atoms with Gasteiger partial charge in [-0.15, -0.1) is 0 Å². The molecule has 0 aliphatic carbocycles. The van der Waals surface area contributed by atoms with Gasteiger partial charge in [0.15, 0.2) is 0 Å². The standard InChI is InChI=1S/C13H19NO4/c1-8(2)6-14(4)13(17)12-9(3)7-18-10(12)5-11(15)16/h7-8H,5-6H2,1-4H3,(H,15,16). The third kappa shape index (κ3) is 3.35. The summed E-state index contributed by atoms with van der Waals surface area (Å²) in [6.45, 7) is 6.40. The third-order valence-corrected chi connectivity index (χ3v) is 2.56. The zero-order chi connectivity index (χ0) is 13.9. The Bertz CT molecular complexity index is 448. The molecule has 0 aliphatic rings. The van der Waals surface area contributed by atoms with Gasteiger partial charge in [-0.05, 0) is 12.8 Å². The van der Waals surface area contributed by atoms with Gasteiger partial charge in [0, 0.05) is 19.2 Å². The topological polar surface area (TPSA) is 70.7 Å². The fraction of sp³-hybridized carbons (Fsp3) is 0.538. The summed E-state index contributed by atoms with van der Waals surface area (Å²) in [6, 6.07) is 0. The van der Waals surface area contributed by atoms with Crippen molar-refractivity contribution < 1.29 is 19.1 Å². The molecule has 1 heterocycles. The summed E-state index contributed by atoms with van der Waals surface area (Å²) in [6.07, 6.45) is 1.15. The van der Waals surface area contributed by atoms with E-state index in [1.807, 2.05) is 13.8 Å². The average molecular weight is 253 g/mol. The lowest BCUT2D eigenvalue weighted by molar-refractivity contribution is -0.136. The van der Waals surface area contributed by atoms with Crippen LogP contribution in [0.15, 0.2) is 10.7 Å². The highest BCUT2D eigenvalue weighted by molar-refractivity contribution is 5.97. The lowest BCUT2D eigenvalue weighted by atomic mass is 10.1. The minimum Gasteiger partial charge on any atom is -0.481 e. The maximum Gasteiger partial charge on any atom is 0.311 e. The van der Waals surface area contributed by atoms with Crippen LogP contribution in [0.25, 0.3) is 0 Å². The molecule has 1 aromatic heterocycles. The number of furan rings is 1. The molecule has 0 unspecified atom stereocenters. The number of carboxylic acid groups (broad SMARTS) is 1. The van der Waals surface area contributed by atoms with Gasteiger partial charge in [-0.2, -0.15) is 0 Å². The number of hydrogen-bond acceptors (Lipinski definition) is 3. The number of aliphatic carboxylic acids is 1. The molecule has 1 rings (SSSR count). The van der Waals surface area contributed by atoms with Crippen LogP contribution in [0.2, 0.25) is 0 Å². The van der Waals surface area contributed by atoms with Crippen molar-refractivity contribution >= 4 is 11.9 Å². The van der Waals surface area contributed by atoms with Crippen molar-refractivity contribution in [3.8, 4) is 0 Å². The first-order valence-corrected chi connectivity index (χ1v) is 5.87. The van der Waals surface area contributed by atoms with Gasteiger partial charge in [-0.3, -0.25) is 9.59 Å². The second kappa shape index (κ2) is 5.71. The molecular weight excluding hydrogens is 234 g/mol. The minimum absolute atomic E-state index is 0.189. The van der Waals surface area contributed by atoms with Crippen LogP contribution >= 0.6 is 0 Å². The number of carbonyl (C=O) groups is 2. The van der Waals surface area contributed by atoms with Crippen molar-refractivity contribution in [3.63, 3.8) is 0 Å². The van der Waals surface area contributed by atoms with Gasteiger partial charge in [0.25, 0.3) is 5.91 Å². The second-order valence-electron chi connectivity index (χ2n) is 4.87. The molecule has 0 radical (unpaired) electrons. The van der Waals surface area contributed by atoms with Gasteiger partial charge in [0.1, 0.15) is 12.2 Å². The summed E-state index contributed by atoms with van der Waals surface area (Å²) >= 11 is 0. The smallest absolute Gasteiger partial charge is 0.311 e. The van der Waals surface area contributed by atoms with Crippen LogP contribution in [0.5, 0.6) is 0 Å². The Labute approximate surface area is 106 Å². The van der Waals surface area contributed by atoms with E-state index in [9.17, 15) is 9.59 Å². The van der Waals surface area contributed by atoms with E-state index in [1.54, 1.807) is 18.9 Å². The Morgan fingerprint density at radius 2 is 2.06 bits per heavy atom. The van der Waals surface area contributed by atoms with Crippen molar-refractivity contribution in [2.45, 2.75) is 27.2 Å². The molecule has 0 aromatic carbocycles. The summed E-state index contributed by atoms with van der Waals surface area (Å²) in [7, 11) is 1.71. The van der Waals surface area contributed by atoms with Crippen LogP contribution in [0.1, 0.15) is 35.5 Å². The fourth-order valence-corrected chi connectivity index (χ4v) is 1.87. The normalized spacial score (nSPS) is 10.7. The number of carboxylic acids is 1. The van der Waals surface area contributed by atoms with Crippen molar-refractivity contribution in [2.24, 2.45) is 5.92 Å². The van der Waals surface area contributed by atoms with Gasteiger partial charge >= 0.3 is 5.97 Å². The number of nitrogens with zero attached hydrogens (tertiary/aromatic N) is 1. The Hall–Kier alpha value is -1.78. The summed E-state index contributed by atoms with van der Waals surface area (Å²) < 4.78 is 5.15. The second-order valence-corrected chi connectivity index (χ2v) is 4.87. The predicted molar refractivity (Wildman–Crippen MR) is 66.6 cm³/mol. The SMILES string of the molecule is Cc1coc(CC(=O)O)c1C(=O)N(C)CC(C)C. The first-order chi connectivity index (χ1) is 8.32. The van der Waals surface area contributed by atoms with Gasteiger partial charge in [-0.1, -0.05) is 13.8 Å². The molecule has 0 bridgehead atoms. The van der Waals surface area contributed by atoms with Crippen LogP contribution in [0, 0.1) is 12.8 Å². The average Bonchev–Trinajstić information content (AvgIpc) is 2.57. The number of aryl methyl sites for hydroxylation is 1. The van der Waals surface area contributed by atoms with E-state index < -0.39 is 5.97 Å². The molecule has 0 saturated carbocycles. The van der Waals surface area contributed by atoms with Crippen LogP contribution in [-0.4, -0.2) is 35.5 Å². The molecule has 0 aliphatic heterocycles. The maximum absolute atomic E-state index is 12.2. The predicted octanol–water partition coefficient (Wildman–Crippen LogP) is 1.94. The first-order valence-electron chi connectivity index (χ1n) is 5.87. The van der Waals surface area contributed by atoms with Gasteiger partial charge < -0.3 is 14.4 Å². The lowest BCUT2D eigenvalue weighted by Gasteiger charge is -2.19. The van der Waals surface area contributed by atoms with Crippen LogP contribution in [0.3, 0.4) is 0 Å². The first kappa shape index (κ1) is 14.3. The highest BCUT2D eigenvalue weighted by atomic mass is 16.4. The van der Waals surface area contributed by atoms with Crippen molar-refractivity contribution in [1.29, 1.82) is 0 Å². The van der Waals surface area contributed by atoms with Gasteiger partial charge in [0.05, 0.1) is 11.8 Å². The van der Waals surface area contributed by atoms with Crippen LogP contribution in [-0.2, 0) is 11.2 Å². The minimum atomic E-state index is -1.01. The highest BCUT2D eigenvalue weighted by Crippen LogP contribution is 2.19. The Morgan fingerprint density at radius 1 is 1.44 bits per heavy atom. The molecule has 0 saturated heterocycles. The van der Waals surface area contributed by atoms with E-state index in [4.69, 9.17) is 9.52 Å². The molecule has 1 aromatic rings. The van der Waals surface area contributed by atoms with E-state index in [2.05, 4.69) is 0 Å². The molecule has 0 atom stereocenters. The quantitative estimate of drug-likeness (QED) is 0.870. The van der Waals surface area contributed by atoms with Crippen LogP contribution in [0.4, 0.5) is 0 Å². The summed E-state index contributed by atoms with van der Waals surface area (Å²) in [5, 5.41) is 8.78. The van der Waals surface area contributed by atoms with Gasteiger partial charge in [-0.25, -0.2) is 0 Å². The van der Waals surface area contributed by atoms with Gasteiger partial charge in [0.2, 0.25) is 0 Å². The number of amides is 1. The number of carbonyl (C=O) groups excluding carboxylic acids is 1. The monoisotopic (exact) mass is 253 g/mol. The Balaban J connectivity index is 2.97. The molecular formula is C13H19NO4. The van der Waals surface area contributed by atoms with Crippen molar-refractivity contribution in [1.82, 2.24) is 4.90 Å². The van der Waals surface area contributed by atoms with E-state index in [0.29, 0.717) is 23.6 Å². The van der Waals surface area contributed by atoms with Crippen molar-refractivity contribution in [2.75, 3.05) is 13.6 Å². The van der Waals surface area contributed by atoms with E-state index >= 15 is 0 Å². The molecule has 18 heavy (non-hydrogen) atoms. The van der Waals surface area contributed by atoms with Crippen LogP contribution < -0.4 is 0 Å². The molecule has 1 amide bonds.